The highest BCUT2D eigenvalue weighted by molar-refractivity contribution is 8.00. The molecule has 0 spiro atoms. The molecular weight excluding hydrogens is 442 g/mol. The molecule has 3 rings (SSSR count). The lowest BCUT2D eigenvalue weighted by Crippen LogP contribution is -2.22. The number of thiocarbonyl (C=S) groups is 1. The second-order valence-electron chi connectivity index (χ2n) is 6.79. The van der Waals surface area contributed by atoms with Crippen LogP contribution in [0.1, 0.15) is 6.92 Å². The summed E-state index contributed by atoms with van der Waals surface area (Å²) in [6.07, 6.45) is 0. The Morgan fingerprint density at radius 2 is 1.53 bits per heavy atom. The molecule has 0 aromatic heterocycles. The molecule has 0 heterocycles. The first kappa shape index (κ1) is 23.4. The molecule has 0 aliphatic carbocycles. The number of methoxy groups -OCH3 is 2. The molecule has 3 aromatic carbocycles. The molecule has 8 heteroatoms. The zero-order valence-corrected chi connectivity index (χ0v) is 19.7. The summed E-state index contributed by atoms with van der Waals surface area (Å²) >= 11 is 6.82. The van der Waals surface area contributed by atoms with Crippen molar-refractivity contribution in [1.29, 1.82) is 0 Å². The number of rotatable bonds is 8. The van der Waals surface area contributed by atoms with Gasteiger partial charge in [0.05, 0.1) is 25.2 Å². The van der Waals surface area contributed by atoms with Gasteiger partial charge in [-0.15, -0.1) is 11.8 Å². The Hall–Kier alpha value is -3.23. The summed E-state index contributed by atoms with van der Waals surface area (Å²) < 4.78 is 10.6. The highest BCUT2D eigenvalue weighted by atomic mass is 32.2. The van der Waals surface area contributed by atoms with Crippen LogP contribution in [0.5, 0.6) is 11.5 Å². The average Bonchev–Trinajstić information content (AvgIpc) is 2.80. The summed E-state index contributed by atoms with van der Waals surface area (Å²) in [5.41, 5.74) is 2.36. The van der Waals surface area contributed by atoms with E-state index in [0.717, 1.165) is 16.3 Å². The van der Waals surface area contributed by atoms with E-state index in [0.29, 0.717) is 22.3 Å². The predicted octanol–water partition coefficient (Wildman–Crippen LogP) is 5.63. The van der Waals surface area contributed by atoms with Gasteiger partial charge in [0.2, 0.25) is 5.91 Å². The maximum absolute atomic E-state index is 12.7. The fourth-order valence-electron chi connectivity index (χ4n) is 2.84. The molecular formula is C24H25N3O3S2. The van der Waals surface area contributed by atoms with Crippen LogP contribution in [0, 0.1) is 0 Å². The lowest BCUT2D eigenvalue weighted by atomic mass is 10.2. The minimum Gasteiger partial charge on any atom is -0.497 e. The third-order valence-electron chi connectivity index (χ3n) is 4.49. The lowest BCUT2D eigenvalue weighted by molar-refractivity contribution is -0.115. The largest absolute Gasteiger partial charge is 0.497 e. The van der Waals surface area contributed by atoms with Gasteiger partial charge in [-0.2, -0.15) is 0 Å². The smallest absolute Gasteiger partial charge is 0.237 e. The number of nitrogens with one attached hydrogen (secondary N) is 3. The van der Waals surface area contributed by atoms with Crippen molar-refractivity contribution in [2.75, 3.05) is 30.2 Å². The molecule has 166 valence electrons. The number of para-hydroxylation sites is 1. The molecule has 32 heavy (non-hydrogen) atoms. The molecule has 3 aromatic rings. The van der Waals surface area contributed by atoms with Gasteiger partial charge in [-0.1, -0.05) is 18.2 Å². The highest BCUT2D eigenvalue weighted by Crippen LogP contribution is 2.31. The molecule has 0 aliphatic heterocycles. The first-order chi connectivity index (χ1) is 15.5. The second-order valence-corrected chi connectivity index (χ2v) is 8.61. The Balaban J connectivity index is 1.55. The van der Waals surface area contributed by atoms with Gasteiger partial charge in [0, 0.05) is 22.3 Å². The van der Waals surface area contributed by atoms with Crippen LogP contribution in [0.25, 0.3) is 0 Å². The molecule has 0 bridgehead atoms. The number of benzene rings is 3. The van der Waals surface area contributed by atoms with Crippen LogP contribution in [-0.4, -0.2) is 30.5 Å². The number of amides is 1. The summed E-state index contributed by atoms with van der Waals surface area (Å²) in [7, 11) is 3.14. The van der Waals surface area contributed by atoms with E-state index in [9.17, 15) is 4.79 Å². The molecule has 0 aliphatic rings. The number of carbonyl (C=O) groups excluding carboxylic acids is 1. The second kappa shape index (κ2) is 11.4. The van der Waals surface area contributed by atoms with Crippen LogP contribution in [-0.2, 0) is 4.79 Å². The van der Waals surface area contributed by atoms with E-state index in [1.165, 1.54) is 11.8 Å². The van der Waals surface area contributed by atoms with Gasteiger partial charge in [-0.3, -0.25) is 4.79 Å². The molecule has 1 amide bonds. The number of hydrogen-bond donors (Lipinski definition) is 3. The molecule has 0 fully saturated rings. The molecule has 6 nitrogen and oxygen atoms in total. The molecule has 0 saturated heterocycles. The van der Waals surface area contributed by atoms with E-state index in [4.69, 9.17) is 21.7 Å². The van der Waals surface area contributed by atoms with Gasteiger partial charge >= 0.3 is 0 Å². The van der Waals surface area contributed by atoms with Crippen LogP contribution in [0.2, 0.25) is 0 Å². The van der Waals surface area contributed by atoms with Gasteiger partial charge in [-0.05, 0) is 67.7 Å². The van der Waals surface area contributed by atoms with E-state index in [1.54, 1.807) is 32.4 Å². The summed E-state index contributed by atoms with van der Waals surface area (Å²) in [5, 5.41) is 9.40. The van der Waals surface area contributed by atoms with Crippen LogP contribution in [0.3, 0.4) is 0 Å². The normalized spacial score (nSPS) is 11.2. The zero-order valence-electron chi connectivity index (χ0n) is 18.0. The Morgan fingerprint density at radius 1 is 0.875 bits per heavy atom. The number of hydrogen-bond acceptors (Lipinski definition) is 5. The number of ether oxygens (including phenoxy) is 2. The Labute approximate surface area is 197 Å². The maximum atomic E-state index is 12.7. The number of thioether (sulfide) groups is 1. The quantitative estimate of drug-likeness (QED) is 0.293. The SMILES string of the molecule is COc1ccc(OC)c(NC(=O)C(C)Sc2ccc(NC(=S)Nc3ccccc3)cc2)c1. The predicted molar refractivity (Wildman–Crippen MR) is 136 cm³/mol. The molecule has 0 saturated carbocycles. The standard InChI is InChI=1S/C24H25N3O3S2/c1-16(23(28)27-21-15-19(29-2)11-14-22(21)30-3)32-20-12-9-18(10-13-20)26-24(31)25-17-7-5-4-6-8-17/h4-16H,1-3H3,(H,27,28)(H2,25,26,31). The van der Waals surface area contributed by atoms with Crippen molar-refractivity contribution in [3.63, 3.8) is 0 Å². The lowest BCUT2D eigenvalue weighted by Gasteiger charge is -2.15. The van der Waals surface area contributed by atoms with Crippen LogP contribution in [0.15, 0.2) is 77.7 Å². The van der Waals surface area contributed by atoms with Crippen molar-refractivity contribution in [3.8, 4) is 11.5 Å². The highest BCUT2D eigenvalue weighted by Gasteiger charge is 2.17. The van der Waals surface area contributed by atoms with E-state index < -0.39 is 0 Å². The van der Waals surface area contributed by atoms with Crippen LogP contribution in [0.4, 0.5) is 17.1 Å². The van der Waals surface area contributed by atoms with E-state index in [1.807, 2.05) is 61.5 Å². The Kier molecular flexibility index (Phi) is 8.35. The van der Waals surface area contributed by atoms with Crippen molar-refractivity contribution in [2.24, 2.45) is 0 Å². The third-order valence-corrected chi connectivity index (χ3v) is 5.81. The maximum Gasteiger partial charge on any atom is 0.237 e. The van der Waals surface area contributed by atoms with Crippen molar-refractivity contribution in [3.05, 3.63) is 72.8 Å². The molecule has 3 N–H and O–H groups in total. The van der Waals surface area contributed by atoms with E-state index in [-0.39, 0.29) is 11.2 Å². The summed E-state index contributed by atoms with van der Waals surface area (Å²) in [6.45, 7) is 1.86. The fraction of sp³-hybridized carbons (Fsp3) is 0.167. The van der Waals surface area contributed by atoms with Crippen LogP contribution < -0.4 is 25.4 Å². The third kappa shape index (κ3) is 6.63. The zero-order chi connectivity index (χ0) is 22.9. The van der Waals surface area contributed by atoms with Crippen molar-refractivity contribution < 1.29 is 14.3 Å². The Morgan fingerprint density at radius 3 is 2.16 bits per heavy atom. The monoisotopic (exact) mass is 467 g/mol. The van der Waals surface area contributed by atoms with Crippen molar-refractivity contribution >= 4 is 52.1 Å². The van der Waals surface area contributed by atoms with E-state index in [2.05, 4.69) is 16.0 Å². The summed E-state index contributed by atoms with van der Waals surface area (Å²) in [4.78, 5) is 13.7. The minimum atomic E-state index is -0.314. The molecule has 1 unspecified atom stereocenters. The number of carbonyl (C=O) groups is 1. The number of anilines is 3. The van der Waals surface area contributed by atoms with Gasteiger partial charge < -0.3 is 25.4 Å². The average molecular weight is 468 g/mol. The van der Waals surface area contributed by atoms with Crippen molar-refractivity contribution in [2.45, 2.75) is 17.1 Å². The molecule has 1 atom stereocenters. The first-order valence-electron chi connectivity index (χ1n) is 9.91. The Bertz CT molecular complexity index is 1060. The van der Waals surface area contributed by atoms with E-state index >= 15 is 0 Å². The van der Waals surface area contributed by atoms with Crippen molar-refractivity contribution in [1.82, 2.24) is 0 Å². The van der Waals surface area contributed by atoms with Gasteiger partial charge in [-0.25, -0.2) is 0 Å². The first-order valence-corrected chi connectivity index (χ1v) is 11.2. The topological polar surface area (TPSA) is 71.6 Å². The minimum absolute atomic E-state index is 0.128. The summed E-state index contributed by atoms with van der Waals surface area (Å²) in [6, 6.07) is 22.8. The fourth-order valence-corrected chi connectivity index (χ4v) is 3.94. The molecule has 0 radical (unpaired) electrons. The summed E-state index contributed by atoms with van der Waals surface area (Å²) in [5.74, 6) is 1.09. The van der Waals surface area contributed by atoms with Crippen LogP contribution >= 0.6 is 24.0 Å². The van der Waals surface area contributed by atoms with Gasteiger partial charge in [0.1, 0.15) is 11.5 Å². The van der Waals surface area contributed by atoms with Gasteiger partial charge in [0.25, 0.3) is 0 Å². The van der Waals surface area contributed by atoms with Gasteiger partial charge in [0.15, 0.2) is 5.11 Å².